The number of nitrogens with zero attached hydrogens (tertiary/aromatic N) is 2. The summed E-state index contributed by atoms with van der Waals surface area (Å²) in [5.74, 6) is 0. The summed E-state index contributed by atoms with van der Waals surface area (Å²) < 4.78 is 12.9. The topological polar surface area (TPSA) is 62.6 Å². The molecule has 1 amide bonds. The van der Waals surface area contributed by atoms with Gasteiger partial charge in [-0.05, 0) is 75.2 Å². The number of rotatable bonds is 6. The molecule has 5 nitrogen and oxygen atoms in total. The van der Waals surface area contributed by atoms with Crippen molar-refractivity contribution in [2.75, 3.05) is 24.3 Å². The van der Waals surface area contributed by atoms with Gasteiger partial charge >= 0.3 is 6.09 Å². The Balaban J connectivity index is 3.20. The molecule has 0 heterocycles. The third kappa shape index (κ3) is 8.33. The van der Waals surface area contributed by atoms with E-state index in [1.54, 1.807) is 32.9 Å². The van der Waals surface area contributed by atoms with Gasteiger partial charge in [0.15, 0.2) is 4.75 Å². The van der Waals surface area contributed by atoms with Crippen molar-refractivity contribution < 1.29 is 13.7 Å². The zero-order valence-electron chi connectivity index (χ0n) is 18.1. The second kappa shape index (κ2) is 10.3. The number of carbonyl (C=O) groups excluding carboxylic acids is 1. The summed E-state index contributed by atoms with van der Waals surface area (Å²) in [5, 5.41) is 9.61. The first kappa shape index (κ1) is 26.0. The highest BCUT2D eigenvalue weighted by molar-refractivity contribution is 9.11. The van der Waals surface area contributed by atoms with E-state index >= 15 is 0 Å². The maximum absolute atomic E-state index is 13.0. The van der Waals surface area contributed by atoms with Gasteiger partial charge in [0.25, 0.3) is 0 Å². The van der Waals surface area contributed by atoms with Gasteiger partial charge in [0.1, 0.15) is 35.7 Å². The number of halogens is 2. The number of hydrogen-bond donors (Lipinski definition) is 0. The monoisotopic (exact) mass is 547 g/mol. The highest BCUT2D eigenvalue weighted by Gasteiger charge is 2.33. The minimum absolute atomic E-state index is 0.0217. The van der Waals surface area contributed by atoms with Gasteiger partial charge in [0, 0.05) is 8.95 Å². The van der Waals surface area contributed by atoms with Crippen LogP contribution in [0.25, 0.3) is 0 Å². The zero-order valence-corrected chi connectivity index (χ0v) is 22.0. The zero-order chi connectivity index (χ0) is 22.6. The van der Waals surface area contributed by atoms with Crippen molar-refractivity contribution in [2.24, 2.45) is 0 Å². The number of amides is 1. The summed E-state index contributed by atoms with van der Waals surface area (Å²) in [6, 6.07) is 5.60. The molecule has 8 heteroatoms. The summed E-state index contributed by atoms with van der Waals surface area (Å²) >= 11 is 6.59. The molecule has 1 unspecified atom stereocenters. The van der Waals surface area contributed by atoms with E-state index in [0.29, 0.717) is 27.9 Å². The van der Waals surface area contributed by atoms with E-state index in [1.165, 1.54) is 4.90 Å². The van der Waals surface area contributed by atoms with E-state index in [4.69, 9.17) is 8.92 Å². The fourth-order valence-electron chi connectivity index (χ4n) is 2.10. The Morgan fingerprint density at radius 1 is 1.24 bits per heavy atom. The van der Waals surface area contributed by atoms with Gasteiger partial charge in [-0.1, -0.05) is 22.5 Å². The van der Waals surface area contributed by atoms with Gasteiger partial charge in [-0.3, -0.25) is 4.90 Å². The number of hydrogen-bond acceptors (Lipinski definition) is 4. The molecular formula is C21H29Br2N2O3S+. The van der Waals surface area contributed by atoms with Crippen LogP contribution in [0, 0.1) is 11.3 Å². The summed E-state index contributed by atoms with van der Waals surface area (Å²) in [5.41, 5.74) is 0.815. The lowest BCUT2D eigenvalue weighted by atomic mass is 10.1. The van der Waals surface area contributed by atoms with Crippen molar-refractivity contribution in [2.45, 2.75) is 51.9 Å². The van der Waals surface area contributed by atoms with Crippen LogP contribution in [-0.4, -0.2) is 35.8 Å². The number of anilines is 1. The molecule has 0 aliphatic heterocycles. The number of carbonyl (C=O) groups is 1. The number of nitriles is 1. The van der Waals surface area contributed by atoms with E-state index < -0.39 is 11.7 Å². The molecule has 1 atom stereocenters. The molecule has 0 aromatic heterocycles. The van der Waals surface area contributed by atoms with Gasteiger partial charge in [-0.15, -0.1) is 0 Å². The number of benzene rings is 1. The van der Waals surface area contributed by atoms with Crippen LogP contribution in [0.4, 0.5) is 10.5 Å². The summed E-state index contributed by atoms with van der Waals surface area (Å²) in [6.07, 6.45) is 1.49. The fourth-order valence-corrected chi connectivity index (χ4v) is 4.23. The average Bonchev–Trinajstić information content (AvgIpc) is 2.54. The largest absolute Gasteiger partial charge is 0.443 e. The lowest BCUT2D eigenvalue weighted by Crippen LogP contribution is -2.39. The molecule has 0 spiro atoms. The van der Waals surface area contributed by atoms with Crippen LogP contribution < -0.4 is 4.90 Å². The molecule has 0 saturated heterocycles. The molecule has 0 radical (unpaired) electrons. The van der Waals surface area contributed by atoms with Gasteiger partial charge in [-0.25, -0.2) is 4.79 Å². The first-order valence-corrected chi connectivity index (χ1v) is 12.2. The first-order valence-electron chi connectivity index (χ1n) is 9.01. The lowest BCUT2D eigenvalue weighted by molar-refractivity contribution is 0.0582. The molecular weight excluding hydrogens is 520 g/mol. The average molecular weight is 549 g/mol. The van der Waals surface area contributed by atoms with E-state index in [0.717, 1.165) is 4.47 Å². The standard InChI is InChI=1S/C21H29Br2N2O3S/c1-14(13-27-29(8)21(5,6)7)12-25(19(26)28-20(2,3)4)18-15(11-24)9-16(22)10-17(18)23/h9-10H,1,12-13H2,2-8H3/q+1. The second-order valence-electron chi connectivity index (χ2n) is 8.54. The smallest absolute Gasteiger partial charge is 0.415 e. The minimum Gasteiger partial charge on any atom is -0.443 e. The molecule has 1 aromatic carbocycles. The molecule has 29 heavy (non-hydrogen) atoms. The first-order chi connectivity index (χ1) is 13.2. The van der Waals surface area contributed by atoms with Crippen molar-refractivity contribution >= 4 is 54.8 Å². The van der Waals surface area contributed by atoms with Crippen molar-refractivity contribution in [3.05, 3.63) is 38.8 Å². The Kier molecular flexibility index (Phi) is 9.28. The highest BCUT2D eigenvalue weighted by Crippen LogP contribution is 2.35. The minimum atomic E-state index is -0.677. The Bertz CT molecular complexity index is 808. The molecule has 1 rings (SSSR count). The molecule has 0 aliphatic carbocycles. The van der Waals surface area contributed by atoms with Crippen molar-refractivity contribution in [1.82, 2.24) is 0 Å². The molecule has 0 fully saturated rings. The van der Waals surface area contributed by atoms with Crippen LogP contribution in [-0.2, 0) is 20.1 Å². The lowest BCUT2D eigenvalue weighted by Gasteiger charge is -2.29. The predicted molar refractivity (Wildman–Crippen MR) is 128 cm³/mol. The van der Waals surface area contributed by atoms with E-state index in [9.17, 15) is 10.1 Å². The predicted octanol–water partition coefficient (Wildman–Crippen LogP) is 6.36. The molecule has 0 aliphatic rings. The van der Waals surface area contributed by atoms with E-state index in [-0.39, 0.29) is 22.5 Å². The van der Waals surface area contributed by atoms with Crippen LogP contribution in [0.5, 0.6) is 0 Å². The van der Waals surface area contributed by atoms with Crippen LogP contribution in [0.3, 0.4) is 0 Å². The summed E-state index contributed by atoms with van der Waals surface area (Å²) in [7, 11) is 0. The van der Waals surface area contributed by atoms with Crippen molar-refractivity contribution in [1.29, 1.82) is 5.26 Å². The van der Waals surface area contributed by atoms with Crippen molar-refractivity contribution in [3.63, 3.8) is 0 Å². The summed E-state index contributed by atoms with van der Waals surface area (Å²) in [4.78, 5) is 14.4. The Hall–Kier alpha value is -1.01. The van der Waals surface area contributed by atoms with Gasteiger partial charge in [-0.2, -0.15) is 9.44 Å². The normalized spacial score (nSPS) is 12.8. The maximum atomic E-state index is 13.0. The quantitative estimate of drug-likeness (QED) is 0.306. The highest BCUT2D eigenvalue weighted by atomic mass is 79.9. The van der Waals surface area contributed by atoms with Gasteiger partial charge in [0.2, 0.25) is 0 Å². The third-order valence-electron chi connectivity index (χ3n) is 3.72. The van der Waals surface area contributed by atoms with E-state index in [2.05, 4.69) is 65.3 Å². The van der Waals surface area contributed by atoms with Crippen molar-refractivity contribution in [3.8, 4) is 6.07 Å². The van der Waals surface area contributed by atoms with Gasteiger partial charge < -0.3 is 4.74 Å². The molecule has 160 valence electrons. The van der Waals surface area contributed by atoms with E-state index in [1.807, 2.05) is 6.26 Å². The SMILES string of the molecule is C=C(CO[S+](C)C(C)(C)C)CN(C(=O)OC(C)(C)C)c1c(Br)cc(Br)cc1C#N. The Morgan fingerprint density at radius 2 is 1.83 bits per heavy atom. The Labute approximate surface area is 194 Å². The third-order valence-corrected chi connectivity index (χ3v) is 6.97. The second-order valence-corrected chi connectivity index (χ2v) is 12.7. The fraction of sp³-hybridized carbons (Fsp3) is 0.524. The molecule has 0 saturated carbocycles. The van der Waals surface area contributed by atoms with Crippen LogP contribution in [0.2, 0.25) is 0 Å². The Morgan fingerprint density at radius 3 is 2.31 bits per heavy atom. The maximum Gasteiger partial charge on any atom is 0.415 e. The summed E-state index contributed by atoms with van der Waals surface area (Å²) in [6.45, 7) is 16.3. The number of ether oxygens (including phenoxy) is 1. The molecule has 0 bridgehead atoms. The molecule has 0 N–H and O–H groups in total. The van der Waals surface area contributed by atoms with Crippen LogP contribution in [0.15, 0.2) is 33.2 Å². The van der Waals surface area contributed by atoms with Crippen LogP contribution in [0.1, 0.15) is 47.1 Å². The van der Waals surface area contributed by atoms with Crippen LogP contribution >= 0.6 is 31.9 Å². The van der Waals surface area contributed by atoms with Gasteiger partial charge in [0.05, 0.1) is 17.8 Å². The molecule has 1 aromatic rings.